The number of para-hydroxylation sites is 1. The number of piperidine rings is 2. The van der Waals surface area contributed by atoms with Crippen molar-refractivity contribution in [2.45, 2.75) is 94.9 Å². The molecule has 2 saturated heterocycles. The summed E-state index contributed by atoms with van der Waals surface area (Å²) in [7, 11) is 0. The first-order chi connectivity index (χ1) is 20.0. The number of carbonyl (C=O) groups is 1. The second-order valence-electron chi connectivity index (χ2n) is 14.4. The Balaban J connectivity index is 0.950. The molecule has 1 N–H and O–H groups in total. The Kier molecular flexibility index (Phi) is 7.83. The van der Waals surface area contributed by atoms with Crippen molar-refractivity contribution in [3.63, 3.8) is 0 Å². The van der Waals surface area contributed by atoms with E-state index in [1.54, 1.807) is 12.1 Å². The molecular weight excluding hydrogens is 509 g/mol. The van der Waals surface area contributed by atoms with Crippen LogP contribution in [0.25, 0.3) is 0 Å². The van der Waals surface area contributed by atoms with E-state index in [-0.39, 0.29) is 17.3 Å². The lowest BCUT2D eigenvalue weighted by atomic mass is 9.48. The number of anilines is 1. The van der Waals surface area contributed by atoms with Gasteiger partial charge in [0.05, 0.1) is 0 Å². The average molecular weight is 558 g/mol. The van der Waals surface area contributed by atoms with Gasteiger partial charge in [0.2, 0.25) is 0 Å². The highest BCUT2D eigenvalue weighted by atomic mass is 19.1. The molecule has 1 atom stereocenters. The maximum Gasteiger partial charge on any atom is 0.322 e. The summed E-state index contributed by atoms with van der Waals surface area (Å²) in [6, 6.07) is 16.3. The van der Waals surface area contributed by atoms with Crippen LogP contribution in [-0.2, 0) is 11.8 Å². The molecule has 0 spiro atoms. The average Bonchev–Trinajstić information content (AvgIpc) is 2.98. The molecule has 41 heavy (non-hydrogen) atoms. The third-order valence-electron chi connectivity index (χ3n) is 11.6. The highest BCUT2D eigenvalue weighted by molar-refractivity contribution is 5.90. The fourth-order valence-electron chi connectivity index (χ4n) is 9.95. The van der Waals surface area contributed by atoms with Gasteiger partial charge in [-0.2, -0.15) is 0 Å². The van der Waals surface area contributed by atoms with Crippen LogP contribution in [0.3, 0.4) is 0 Å². The summed E-state index contributed by atoms with van der Waals surface area (Å²) in [5.41, 5.74) is 4.03. The van der Waals surface area contributed by atoms with Gasteiger partial charge < -0.3 is 15.1 Å². The molecule has 2 aliphatic heterocycles. The van der Waals surface area contributed by atoms with Crippen LogP contribution in [0.5, 0.6) is 0 Å². The Morgan fingerprint density at radius 2 is 1.54 bits per heavy atom. The largest absolute Gasteiger partial charge is 0.322 e. The predicted octanol–water partition coefficient (Wildman–Crippen LogP) is 8.02. The Bertz CT molecular complexity index is 1170. The molecule has 6 aliphatic rings. The van der Waals surface area contributed by atoms with Gasteiger partial charge in [0, 0.05) is 24.8 Å². The third kappa shape index (κ3) is 5.94. The smallest absolute Gasteiger partial charge is 0.322 e. The second-order valence-corrected chi connectivity index (χ2v) is 14.4. The summed E-state index contributed by atoms with van der Waals surface area (Å²) in [6.45, 7) is 4.20. The normalized spacial score (nSPS) is 31.9. The molecule has 4 nitrogen and oxygen atoms in total. The van der Waals surface area contributed by atoms with Gasteiger partial charge in [-0.15, -0.1) is 0 Å². The number of rotatable bonds is 7. The molecule has 2 amide bonds. The van der Waals surface area contributed by atoms with E-state index < -0.39 is 0 Å². The summed E-state index contributed by atoms with van der Waals surface area (Å²) in [4.78, 5) is 18.6. The molecule has 220 valence electrons. The first-order valence-corrected chi connectivity index (χ1v) is 16.7. The number of nitrogens with one attached hydrogen (secondary N) is 1. The standard InChI is InChI=1S/C36H48FN3O/c37-31-10-8-26(9-11-31)19-27-12-16-39(17-13-27)18-14-32-5-3-4-15-40(32)35(41)38-34-7-2-1-6-33(34)36-23-28-20-29(24-36)22-30(21-28)25-36/h1-2,6-11,27-30,32H,3-5,12-25H2,(H,38,41). The molecular formula is C36H48FN3O. The molecule has 8 rings (SSSR count). The number of carbonyl (C=O) groups excluding carboxylic acids is 1. The highest BCUT2D eigenvalue weighted by Gasteiger charge is 2.52. The molecule has 1 unspecified atom stereocenters. The van der Waals surface area contributed by atoms with E-state index >= 15 is 0 Å². The van der Waals surface area contributed by atoms with Crippen molar-refractivity contribution in [2.75, 3.05) is 31.5 Å². The molecule has 2 aromatic carbocycles. The zero-order valence-corrected chi connectivity index (χ0v) is 24.7. The van der Waals surface area contributed by atoms with E-state index in [1.807, 2.05) is 12.1 Å². The van der Waals surface area contributed by atoms with Gasteiger partial charge in [0.1, 0.15) is 5.82 Å². The lowest BCUT2D eigenvalue weighted by Gasteiger charge is -2.57. The highest BCUT2D eigenvalue weighted by Crippen LogP contribution is 2.61. The molecule has 0 aromatic heterocycles. The van der Waals surface area contributed by atoms with Crippen molar-refractivity contribution >= 4 is 11.7 Å². The number of hydrogen-bond acceptors (Lipinski definition) is 2. The van der Waals surface area contributed by atoms with E-state index in [0.717, 1.165) is 75.3 Å². The number of hydrogen-bond donors (Lipinski definition) is 1. The Morgan fingerprint density at radius 3 is 2.24 bits per heavy atom. The van der Waals surface area contributed by atoms with Crippen LogP contribution in [0, 0.1) is 29.5 Å². The van der Waals surface area contributed by atoms with Crippen molar-refractivity contribution in [1.82, 2.24) is 9.80 Å². The predicted molar refractivity (Wildman–Crippen MR) is 164 cm³/mol. The van der Waals surface area contributed by atoms with E-state index in [1.165, 1.54) is 68.9 Å². The van der Waals surface area contributed by atoms with Gasteiger partial charge in [0.15, 0.2) is 0 Å². The van der Waals surface area contributed by atoms with Crippen molar-refractivity contribution in [1.29, 1.82) is 0 Å². The number of halogens is 1. The van der Waals surface area contributed by atoms with Crippen LogP contribution in [0.4, 0.5) is 14.9 Å². The zero-order chi connectivity index (χ0) is 27.8. The van der Waals surface area contributed by atoms with Gasteiger partial charge in [0.25, 0.3) is 0 Å². The first-order valence-electron chi connectivity index (χ1n) is 16.7. The molecule has 0 radical (unpaired) electrons. The number of urea groups is 1. The van der Waals surface area contributed by atoms with Crippen LogP contribution in [0.2, 0.25) is 0 Å². The summed E-state index contributed by atoms with van der Waals surface area (Å²) in [5, 5.41) is 3.46. The van der Waals surface area contributed by atoms with Gasteiger partial charge in [-0.25, -0.2) is 9.18 Å². The van der Waals surface area contributed by atoms with Gasteiger partial charge >= 0.3 is 6.03 Å². The van der Waals surface area contributed by atoms with E-state index in [9.17, 15) is 9.18 Å². The summed E-state index contributed by atoms with van der Waals surface area (Å²) < 4.78 is 13.3. The van der Waals surface area contributed by atoms with Crippen molar-refractivity contribution in [3.8, 4) is 0 Å². The third-order valence-corrected chi connectivity index (χ3v) is 11.6. The quantitative estimate of drug-likeness (QED) is 0.374. The van der Waals surface area contributed by atoms with Gasteiger partial charge in [-0.05, 0) is 155 Å². The SMILES string of the molecule is O=C(Nc1ccccc1C12CC3CC(CC(C3)C1)C2)N1CCCCC1CCN1CCC(Cc2ccc(F)cc2)CC1. The monoisotopic (exact) mass is 557 g/mol. The van der Waals surface area contributed by atoms with Crippen LogP contribution < -0.4 is 5.32 Å². The minimum atomic E-state index is -0.152. The number of nitrogens with zero attached hydrogens (tertiary/aromatic N) is 2. The lowest BCUT2D eigenvalue weighted by Crippen LogP contribution is -2.49. The van der Waals surface area contributed by atoms with E-state index in [4.69, 9.17) is 0 Å². The summed E-state index contributed by atoms with van der Waals surface area (Å²) in [5.74, 6) is 3.21. The van der Waals surface area contributed by atoms with Crippen molar-refractivity contribution < 1.29 is 9.18 Å². The molecule has 4 saturated carbocycles. The minimum Gasteiger partial charge on any atom is -0.322 e. The molecule has 6 fully saturated rings. The number of likely N-dealkylation sites (tertiary alicyclic amines) is 2. The molecule has 4 bridgehead atoms. The van der Waals surface area contributed by atoms with E-state index in [2.05, 4.69) is 39.4 Å². The van der Waals surface area contributed by atoms with Crippen molar-refractivity contribution in [2.24, 2.45) is 23.7 Å². The molecule has 5 heteroatoms. The Labute approximate surface area is 246 Å². The van der Waals surface area contributed by atoms with Gasteiger partial charge in [-0.1, -0.05) is 30.3 Å². The van der Waals surface area contributed by atoms with E-state index in [0.29, 0.717) is 12.0 Å². The Hall–Kier alpha value is -2.40. The van der Waals surface area contributed by atoms with Crippen LogP contribution in [0.1, 0.15) is 88.2 Å². The summed E-state index contributed by atoms with van der Waals surface area (Å²) >= 11 is 0. The second kappa shape index (κ2) is 11.7. The molecule has 4 aliphatic carbocycles. The fourth-order valence-corrected chi connectivity index (χ4v) is 9.95. The first kappa shape index (κ1) is 27.4. The lowest BCUT2D eigenvalue weighted by molar-refractivity contribution is -0.00485. The molecule has 2 heterocycles. The maximum atomic E-state index is 13.8. The Morgan fingerprint density at radius 1 is 0.854 bits per heavy atom. The van der Waals surface area contributed by atoms with Crippen LogP contribution >= 0.6 is 0 Å². The maximum absolute atomic E-state index is 13.8. The molecule has 2 aromatic rings. The van der Waals surface area contributed by atoms with Crippen molar-refractivity contribution in [3.05, 3.63) is 65.5 Å². The van der Waals surface area contributed by atoms with Crippen LogP contribution in [0.15, 0.2) is 48.5 Å². The minimum absolute atomic E-state index is 0.116. The zero-order valence-electron chi connectivity index (χ0n) is 24.7. The topological polar surface area (TPSA) is 35.6 Å². The number of amides is 2. The fraction of sp³-hybridized carbons (Fsp3) is 0.639. The van der Waals surface area contributed by atoms with Crippen LogP contribution in [-0.4, -0.2) is 48.1 Å². The van der Waals surface area contributed by atoms with Gasteiger partial charge in [-0.3, -0.25) is 0 Å². The number of benzene rings is 2. The summed E-state index contributed by atoms with van der Waals surface area (Å²) in [6.07, 6.45) is 16.2.